The van der Waals surface area contributed by atoms with Gasteiger partial charge < -0.3 is 13.4 Å². The zero-order chi connectivity index (χ0) is 18.8. The third-order valence-corrected chi connectivity index (χ3v) is 6.71. The molecule has 0 N–H and O–H groups in total. The fourth-order valence-electron chi connectivity index (χ4n) is 2.97. The molecule has 0 amide bonds. The van der Waals surface area contributed by atoms with Crippen molar-refractivity contribution in [2.75, 3.05) is 13.7 Å². The number of nitrogens with zero attached hydrogens (tertiary/aromatic N) is 2. The molecule has 0 spiro atoms. The average Bonchev–Trinajstić information content (AvgIpc) is 2.83. The van der Waals surface area contributed by atoms with Gasteiger partial charge in [-0.3, -0.25) is 4.99 Å². The Labute approximate surface area is 154 Å². The summed E-state index contributed by atoms with van der Waals surface area (Å²) in [6, 6.07) is 6.38. The molecule has 2 rings (SSSR count). The van der Waals surface area contributed by atoms with Crippen LogP contribution in [0.3, 0.4) is 0 Å². The second kappa shape index (κ2) is 7.37. The number of aromatic nitrogens is 1. The van der Waals surface area contributed by atoms with E-state index in [9.17, 15) is 0 Å². The lowest BCUT2D eigenvalue weighted by Crippen LogP contribution is -2.31. The van der Waals surface area contributed by atoms with Gasteiger partial charge >= 0.3 is 0 Å². The van der Waals surface area contributed by atoms with E-state index in [2.05, 4.69) is 66.8 Å². The number of hydrogen-bond donors (Lipinski definition) is 0. The second-order valence-corrected chi connectivity index (χ2v) is 17.7. The highest BCUT2D eigenvalue weighted by molar-refractivity contribution is 6.75. The highest BCUT2D eigenvalue weighted by Crippen LogP contribution is 2.29. The van der Waals surface area contributed by atoms with Crippen LogP contribution in [0.25, 0.3) is 10.9 Å². The van der Waals surface area contributed by atoms with Gasteiger partial charge in [0.1, 0.15) is 5.75 Å². The fourth-order valence-corrected chi connectivity index (χ4v) is 5.38. The van der Waals surface area contributed by atoms with Gasteiger partial charge in [0, 0.05) is 24.4 Å². The molecule has 0 saturated heterocycles. The quantitative estimate of drug-likeness (QED) is 0.397. The topological polar surface area (TPSA) is 35.8 Å². The van der Waals surface area contributed by atoms with Crippen molar-refractivity contribution in [2.45, 2.75) is 52.6 Å². The van der Waals surface area contributed by atoms with E-state index in [1.54, 1.807) is 7.11 Å². The van der Waals surface area contributed by atoms with Crippen molar-refractivity contribution >= 4 is 33.4 Å². The van der Waals surface area contributed by atoms with Gasteiger partial charge in [0.05, 0.1) is 7.11 Å². The van der Waals surface area contributed by atoms with Crippen LogP contribution in [0.2, 0.25) is 39.3 Å². The number of hydrogen-bond acceptors (Lipinski definition) is 3. The van der Waals surface area contributed by atoms with Gasteiger partial charge in [-0.15, -0.1) is 0 Å². The van der Waals surface area contributed by atoms with E-state index in [4.69, 9.17) is 9.16 Å². The summed E-state index contributed by atoms with van der Waals surface area (Å²) < 4.78 is 13.8. The van der Waals surface area contributed by atoms with Gasteiger partial charge in [-0.05, 0) is 56.0 Å². The molecule has 138 valence electrons. The third-order valence-electron chi connectivity index (χ3n) is 3.99. The van der Waals surface area contributed by atoms with Crippen LogP contribution in [0, 0.1) is 0 Å². The zero-order valence-electron chi connectivity index (χ0n) is 16.9. The molecule has 1 aromatic carbocycles. The number of ether oxygens (including phenoxy) is 1. The standard InChI is InChI=1S/C19H32N2O2Si2/c1-15(23-25(6,7)8)20-12-11-16-14-21(24(3,4)5)19-10-9-17(22-2)13-18(16)19/h9-10,13-14H,11-12H2,1-8H3. The normalized spacial score (nSPS) is 13.4. The summed E-state index contributed by atoms with van der Waals surface area (Å²) in [5.74, 6) is 1.72. The molecule has 4 nitrogen and oxygen atoms in total. The van der Waals surface area contributed by atoms with Gasteiger partial charge in [0.15, 0.2) is 14.1 Å². The molecule has 0 aliphatic rings. The summed E-state index contributed by atoms with van der Waals surface area (Å²) in [7, 11) is -1.33. The van der Waals surface area contributed by atoms with Crippen LogP contribution >= 0.6 is 0 Å². The van der Waals surface area contributed by atoms with E-state index in [1.807, 2.05) is 13.0 Å². The van der Waals surface area contributed by atoms with Crippen LogP contribution in [0.5, 0.6) is 5.75 Å². The second-order valence-electron chi connectivity index (χ2n) is 8.44. The fraction of sp³-hybridized carbons (Fsp3) is 0.526. The smallest absolute Gasteiger partial charge is 0.243 e. The first-order chi connectivity index (χ1) is 11.5. The summed E-state index contributed by atoms with van der Waals surface area (Å²) in [6.45, 7) is 16.4. The van der Waals surface area contributed by atoms with Crippen LogP contribution in [-0.4, -0.2) is 40.3 Å². The molecular weight excluding hydrogens is 344 g/mol. The Hall–Kier alpha value is -1.54. The predicted molar refractivity (Wildman–Crippen MR) is 113 cm³/mol. The third kappa shape index (κ3) is 5.22. The average molecular weight is 377 g/mol. The van der Waals surface area contributed by atoms with E-state index in [-0.39, 0.29) is 0 Å². The minimum absolute atomic E-state index is 0.748. The number of benzene rings is 1. The van der Waals surface area contributed by atoms with Crippen molar-refractivity contribution < 1.29 is 9.16 Å². The molecule has 0 atom stereocenters. The lowest BCUT2D eigenvalue weighted by atomic mass is 10.1. The Morgan fingerprint density at radius 1 is 1.12 bits per heavy atom. The first-order valence-electron chi connectivity index (χ1n) is 8.90. The number of methoxy groups -OCH3 is 1. The van der Waals surface area contributed by atoms with Gasteiger partial charge in [0.2, 0.25) is 8.32 Å². The lowest BCUT2D eigenvalue weighted by molar-refractivity contribution is 0.415. The van der Waals surface area contributed by atoms with Crippen molar-refractivity contribution in [3.8, 4) is 5.75 Å². The Bertz CT molecular complexity index is 768. The molecule has 0 aliphatic carbocycles. The highest BCUT2D eigenvalue weighted by Gasteiger charge is 2.21. The van der Waals surface area contributed by atoms with Crippen molar-refractivity contribution in [1.82, 2.24) is 4.23 Å². The summed E-state index contributed by atoms with van der Waals surface area (Å²) in [6.07, 6.45) is 3.23. The molecule has 0 radical (unpaired) electrons. The minimum Gasteiger partial charge on any atom is -0.535 e. The Balaban J connectivity index is 2.29. The van der Waals surface area contributed by atoms with Gasteiger partial charge in [-0.1, -0.05) is 19.6 Å². The maximum absolute atomic E-state index is 5.93. The molecular formula is C19H32N2O2Si2. The predicted octanol–water partition coefficient (Wildman–Crippen LogP) is 5.15. The molecule has 0 bridgehead atoms. The van der Waals surface area contributed by atoms with E-state index in [0.717, 1.165) is 24.6 Å². The van der Waals surface area contributed by atoms with Gasteiger partial charge in [-0.2, -0.15) is 0 Å². The van der Waals surface area contributed by atoms with E-state index >= 15 is 0 Å². The number of fused-ring (bicyclic) bond motifs is 1. The Kier molecular flexibility index (Phi) is 5.84. The molecule has 0 unspecified atom stereocenters. The van der Waals surface area contributed by atoms with E-state index < -0.39 is 16.6 Å². The van der Waals surface area contributed by atoms with E-state index in [1.165, 1.54) is 16.5 Å². The monoisotopic (exact) mass is 376 g/mol. The largest absolute Gasteiger partial charge is 0.535 e. The van der Waals surface area contributed by atoms with Crippen molar-refractivity contribution in [1.29, 1.82) is 0 Å². The molecule has 25 heavy (non-hydrogen) atoms. The first-order valence-corrected chi connectivity index (χ1v) is 15.8. The molecule has 0 aliphatic heterocycles. The molecule has 1 heterocycles. The van der Waals surface area contributed by atoms with Crippen LogP contribution in [0.15, 0.2) is 29.4 Å². The molecule has 2 aromatic rings. The first kappa shape index (κ1) is 19.8. The van der Waals surface area contributed by atoms with E-state index in [0.29, 0.717) is 0 Å². The van der Waals surface area contributed by atoms with Crippen LogP contribution in [0.4, 0.5) is 0 Å². The number of rotatable bonds is 6. The van der Waals surface area contributed by atoms with Gasteiger partial charge in [0.25, 0.3) is 0 Å². The van der Waals surface area contributed by atoms with Crippen molar-refractivity contribution in [3.63, 3.8) is 0 Å². The molecule has 0 saturated carbocycles. The summed E-state index contributed by atoms with van der Waals surface area (Å²) in [5, 5.41) is 1.28. The Morgan fingerprint density at radius 3 is 2.36 bits per heavy atom. The summed E-state index contributed by atoms with van der Waals surface area (Å²) >= 11 is 0. The summed E-state index contributed by atoms with van der Waals surface area (Å²) in [5.41, 5.74) is 2.63. The number of aliphatic imine (C=N–C) groups is 1. The van der Waals surface area contributed by atoms with Gasteiger partial charge in [-0.25, -0.2) is 0 Å². The highest BCUT2D eigenvalue weighted by atomic mass is 28.4. The Morgan fingerprint density at radius 2 is 1.80 bits per heavy atom. The van der Waals surface area contributed by atoms with Crippen LogP contribution < -0.4 is 4.74 Å². The summed E-state index contributed by atoms with van der Waals surface area (Å²) in [4.78, 5) is 4.63. The lowest BCUT2D eigenvalue weighted by Gasteiger charge is -2.20. The molecule has 0 fully saturated rings. The van der Waals surface area contributed by atoms with Crippen molar-refractivity contribution in [2.24, 2.45) is 4.99 Å². The zero-order valence-corrected chi connectivity index (χ0v) is 18.9. The minimum atomic E-state index is -1.57. The SMILES string of the molecule is COc1ccc2c(c1)c(CCN=C(C)O[Si](C)(C)C)cn2[Si](C)(C)C. The van der Waals surface area contributed by atoms with Crippen LogP contribution in [0.1, 0.15) is 12.5 Å². The molecule has 6 heteroatoms. The maximum atomic E-state index is 5.93. The molecule has 1 aromatic heterocycles. The van der Waals surface area contributed by atoms with Crippen molar-refractivity contribution in [3.05, 3.63) is 30.0 Å². The maximum Gasteiger partial charge on any atom is 0.243 e. The van der Waals surface area contributed by atoms with Crippen LogP contribution in [-0.2, 0) is 10.8 Å².